The lowest BCUT2D eigenvalue weighted by Gasteiger charge is -2.12. The zero-order valence-corrected chi connectivity index (χ0v) is 13.8. The first kappa shape index (κ1) is 17.6. The van der Waals surface area contributed by atoms with E-state index >= 15 is 0 Å². The van der Waals surface area contributed by atoms with Gasteiger partial charge in [0.15, 0.2) is 0 Å². The van der Waals surface area contributed by atoms with Crippen molar-refractivity contribution >= 4 is 5.97 Å². The van der Waals surface area contributed by atoms with E-state index in [0.29, 0.717) is 12.8 Å². The van der Waals surface area contributed by atoms with Gasteiger partial charge in [-0.05, 0) is 41.5 Å². The second-order valence-corrected chi connectivity index (χ2v) is 5.58. The molecule has 124 valence electrons. The Bertz CT molecular complexity index is 692. The Labute approximate surface area is 141 Å². The average Bonchev–Trinajstić information content (AvgIpc) is 2.62. The van der Waals surface area contributed by atoms with Crippen LogP contribution in [0.4, 0.5) is 0 Å². The van der Waals surface area contributed by atoms with E-state index < -0.39 is 0 Å². The summed E-state index contributed by atoms with van der Waals surface area (Å²) in [5.74, 6) is -0.182. The highest BCUT2D eigenvalue weighted by Crippen LogP contribution is 2.23. The van der Waals surface area contributed by atoms with Crippen molar-refractivity contribution in [1.82, 2.24) is 0 Å². The van der Waals surface area contributed by atoms with Gasteiger partial charge in [-0.1, -0.05) is 59.7 Å². The number of rotatable bonds is 8. The van der Waals surface area contributed by atoms with Crippen LogP contribution in [0.1, 0.15) is 35.6 Å². The summed E-state index contributed by atoms with van der Waals surface area (Å²) in [4.78, 5) is 14.1. The van der Waals surface area contributed by atoms with Crippen LogP contribution >= 0.6 is 0 Å². The molecule has 5 heteroatoms. The van der Waals surface area contributed by atoms with Gasteiger partial charge in [0.25, 0.3) is 0 Å². The van der Waals surface area contributed by atoms with Crippen molar-refractivity contribution in [3.63, 3.8) is 0 Å². The van der Waals surface area contributed by atoms with Gasteiger partial charge in [-0.3, -0.25) is 4.79 Å². The summed E-state index contributed by atoms with van der Waals surface area (Å²) in [6.45, 7) is 0. The van der Waals surface area contributed by atoms with Gasteiger partial charge in [-0.25, -0.2) is 0 Å². The predicted molar refractivity (Wildman–Crippen MR) is 93.4 cm³/mol. The molecular weight excluding hydrogens is 302 g/mol. The van der Waals surface area contributed by atoms with E-state index in [1.54, 1.807) is 0 Å². The second-order valence-electron chi connectivity index (χ2n) is 5.58. The van der Waals surface area contributed by atoms with Gasteiger partial charge in [0.05, 0.1) is 13.2 Å². The number of ether oxygens (including phenoxy) is 1. The minimum absolute atomic E-state index is 0.182. The molecule has 0 radical (unpaired) electrons. The fourth-order valence-electron chi connectivity index (χ4n) is 2.57. The van der Waals surface area contributed by atoms with Crippen LogP contribution in [0.15, 0.2) is 59.7 Å². The summed E-state index contributed by atoms with van der Waals surface area (Å²) in [5, 5.41) is 3.94. The maximum atomic E-state index is 11.1. The van der Waals surface area contributed by atoms with Crippen LogP contribution in [0.5, 0.6) is 0 Å². The molecule has 5 nitrogen and oxygen atoms in total. The number of azide groups is 1. The van der Waals surface area contributed by atoms with Gasteiger partial charge in [-0.15, -0.1) is 0 Å². The number of aryl methyl sites for hydroxylation is 1. The number of hydrogen-bond acceptors (Lipinski definition) is 3. The van der Waals surface area contributed by atoms with Crippen molar-refractivity contribution < 1.29 is 9.53 Å². The lowest BCUT2D eigenvalue weighted by molar-refractivity contribution is -0.140. The van der Waals surface area contributed by atoms with Crippen LogP contribution in [0.3, 0.4) is 0 Å². The predicted octanol–water partition coefficient (Wildman–Crippen LogP) is 4.78. The molecule has 0 aliphatic carbocycles. The lowest BCUT2D eigenvalue weighted by atomic mass is 9.97. The molecular formula is C19H21N3O2. The molecule has 2 aromatic rings. The fourth-order valence-corrected chi connectivity index (χ4v) is 2.57. The SMILES string of the molecule is COC(=O)CCCc1ccc(C(Cc2ccccc2)N=[N+]=[N-])cc1. The molecule has 0 spiro atoms. The minimum Gasteiger partial charge on any atom is -0.469 e. The summed E-state index contributed by atoms with van der Waals surface area (Å²) in [6.07, 6.45) is 2.68. The van der Waals surface area contributed by atoms with Gasteiger partial charge in [0.1, 0.15) is 0 Å². The molecule has 1 atom stereocenters. The number of hydrogen-bond donors (Lipinski definition) is 0. The first-order chi connectivity index (χ1) is 11.7. The molecule has 1 unspecified atom stereocenters. The monoisotopic (exact) mass is 323 g/mol. The van der Waals surface area contributed by atoms with Crippen molar-refractivity contribution in [3.8, 4) is 0 Å². The maximum absolute atomic E-state index is 11.1. The van der Waals surface area contributed by atoms with Crippen molar-refractivity contribution in [1.29, 1.82) is 0 Å². The standard InChI is InChI=1S/C19H21N3O2/c1-24-19(23)9-5-8-15-10-12-17(13-11-15)18(21-22-20)14-16-6-3-2-4-7-16/h2-4,6-7,10-13,18H,5,8-9,14H2,1H3. The third-order valence-electron chi connectivity index (χ3n) is 3.90. The Morgan fingerprint density at radius 1 is 1.12 bits per heavy atom. The molecule has 0 N–H and O–H groups in total. The zero-order chi connectivity index (χ0) is 17.2. The van der Waals surface area contributed by atoms with Crippen LogP contribution in [-0.2, 0) is 22.4 Å². The van der Waals surface area contributed by atoms with Gasteiger partial charge < -0.3 is 4.74 Å². The van der Waals surface area contributed by atoms with Crippen LogP contribution in [0.2, 0.25) is 0 Å². The smallest absolute Gasteiger partial charge is 0.305 e. The van der Waals surface area contributed by atoms with Crippen LogP contribution in [-0.4, -0.2) is 13.1 Å². The van der Waals surface area contributed by atoms with E-state index in [-0.39, 0.29) is 12.0 Å². The number of esters is 1. The topological polar surface area (TPSA) is 75.1 Å². The van der Waals surface area contributed by atoms with Crippen LogP contribution < -0.4 is 0 Å². The summed E-state index contributed by atoms with van der Waals surface area (Å²) < 4.78 is 4.64. The minimum atomic E-state index is -0.221. The van der Waals surface area contributed by atoms with Crippen molar-refractivity contribution in [2.45, 2.75) is 31.7 Å². The lowest BCUT2D eigenvalue weighted by Crippen LogP contribution is -2.01. The Morgan fingerprint density at radius 2 is 1.83 bits per heavy atom. The third-order valence-corrected chi connectivity index (χ3v) is 3.90. The highest BCUT2D eigenvalue weighted by atomic mass is 16.5. The summed E-state index contributed by atoms with van der Waals surface area (Å²) >= 11 is 0. The molecule has 0 aliphatic heterocycles. The quantitative estimate of drug-likeness (QED) is 0.303. The van der Waals surface area contributed by atoms with E-state index in [4.69, 9.17) is 5.53 Å². The highest BCUT2D eigenvalue weighted by Gasteiger charge is 2.10. The highest BCUT2D eigenvalue weighted by molar-refractivity contribution is 5.69. The molecule has 0 saturated heterocycles. The van der Waals surface area contributed by atoms with E-state index in [9.17, 15) is 4.79 Å². The van der Waals surface area contributed by atoms with Gasteiger partial charge in [0, 0.05) is 11.3 Å². The van der Waals surface area contributed by atoms with E-state index in [1.807, 2.05) is 54.6 Å². The summed E-state index contributed by atoms with van der Waals surface area (Å²) in [6, 6.07) is 17.8. The van der Waals surface area contributed by atoms with E-state index in [2.05, 4.69) is 14.8 Å². The van der Waals surface area contributed by atoms with Crippen LogP contribution in [0, 0.1) is 0 Å². The maximum Gasteiger partial charge on any atom is 0.305 e. The van der Waals surface area contributed by atoms with E-state index in [1.165, 1.54) is 7.11 Å². The Kier molecular flexibility index (Phi) is 6.87. The largest absolute Gasteiger partial charge is 0.469 e. The molecule has 2 rings (SSSR count). The van der Waals surface area contributed by atoms with Gasteiger partial charge in [-0.2, -0.15) is 0 Å². The molecule has 0 fully saturated rings. The average molecular weight is 323 g/mol. The molecule has 24 heavy (non-hydrogen) atoms. The second kappa shape index (κ2) is 9.38. The first-order valence-corrected chi connectivity index (χ1v) is 7.96. The van der Waals surface area contributed by atoms with Crippen molar-refractivity contribution in [2.24, 2.45) is 5.11 Å². The zero-order valence-electron chi connectivity index (χ0n) is 13.8. The molecule has 0 bridgehead atoms. The first-order valence-electron chi connectivity index (χ1n) is 7.96. The Balaban J connectivity index is 2.00. The number of methoxy groups -OCH3 is 1. The summed E-state index contributed by atoms with van der Waals surface area (Å²) in [7, 11) is 1.40. The molecule has 0 aliphatic rings. The number of carbonyl (C=O) groups is 1. The molecule has 0 saturated carbocycles. The molecule has 2 aromatic carbocycles. The van der Waals surface area contributed by atoms with Gasteiger partial charge in [0.2, 0.25) is 0 Å². The fraction of sp³-hybridized carbons (Fsp3) is 0.316. The number of nitrogens with zero attached hydrogens (tertiary/aromatic N) is 3. The third kappa shape index (κ3) is 5.45. The normalized spacial score (nSPS) is 11.4. The Hall–Kier alpha value is -2.78. The number of benzene rings is 2. The molecule has 0 amide bonds. The number of carbonyl (C=O) groups excluding carboxylic acids is 1. The van der Waals surface area contributed by atoms with Crippen molar-refractivity contribution in [2.75, 3.05) is 7.11 Å². The van der Waals surface area contributed by atoms with Gasteiger partial charge >= 0.3 is 5.97 Å². The summed E-state index contributed by atoms with van der Waals surface area (Å²) in [5.41, 5.74) is 12.1. The molecule has 0 heterocycles. The van der Waals surface area contributed by atoms with Crippen molar-refractivity contribution in [3.05, 3.63) is 81.7 Å². The Morgan fingerprint density at radius 3 is 2.46 bits per heavy atom. The molecule has 0 aromatic heterocycles. The van der Waals surface area contributed by atoms with Crippen LogP contribution in [0.25, 0.3) is 10.4 Å². The van der Waals surface area contributed by atoms with E-state index in [0.717, 1.165) is 29.5 Å².